The monoisotopic (exact) mass is 463 g/mol. The summed E-state index contributed by atoms with van der Waals surface area (Å²) in [7, 11) is 0. The van der Waals surface area contributed by atoms with Crippen LogP contribution in [-0.4, -0.2) is 83.6 Å². The molecule has 4 rings (SSSR count). The van der Waals surface area contributed by atoms with Gasteiger partial charge >= 0.3 is 0 Å². The summed E-state index contributed by atoms with van der Waals surface area (Å²) < 4.78 is 0. The van der Waals surface area contributed by atoms with E-state index < -0.39 is 0 Å². The van der Waals surface area contributed by atoms with Crippen molar-refractivity contribution >= 4 is 53.9 Å². The number of hydrogen-bond donors (Lipinski definition) is 1. The van der Waals surface area contributed by atoms with Crippen molar-refractivity contribution in [3.63, 3.8) is 0 Å². The molecule has 0 aliphatic carbocycles. The molecule has 0 saturated carbocycles. The number of amides is 1. The van der Waals surface area contributed by atoms with Crippen molar-refractivity contribution in [2.24, 2.45) is 0 Å². The molecule has 0 spiro atoms. The molecule has 0 radical (unpaired) electrons. The lowest BCUT2D eigenvalue weighted by molar-refractivity contribution is -0.384. The van der Waals surface area contributed by atoms with E-state index in [-0.39, 0.29) is 47.4 Å². The number of benzene rings is 1. The van der Waals surface area contributed by atoms with Gasteiger partial charge in [0.1, 0.15) is 5.69 Å². The number of thioether (sulfide) groups is 1. The molecule has 0 bridgehead atoms. The van der Waals surface area contributed by atoms with E-state index in [1.165, 1.54) is 0 Å². The third-order valence-corrected chi connectivity index (χ3v) is 6.69. The van der Waals surface area contributed by atoms with Gasteiger partial charge in [0.2, 0.25) is 5.91 Å². The topological polar surface area (TPSA) is 82.0 Å². The molecule has 1 amide bonds. The van der Waals surface area contributed by atoms with Crippen LogP contribution in [0.1, 0.15) is 6.42 Å². The minimum atomic E-state index is -0.310. The van der Waals surface area contributed by atoms with Gasteiger partial charge in [0.25, 0.3) is 5.69 Å². The van der Waals surface area contributed by atoms with E-state index in [9.17, 15) is 14.9 Å². The first-order valence-electron chi connectivity index (χ1n) is 9.46. The quantitative estimate of drug-likeness (QED) is 0.538. The van der Waals surface area contributed by atoms with Crippen molar-refractivity contribution in [1.29, 1.82) is 0 Å². The van der Waals surface area contributed by atoms with Gasteiger partial charge in [-0.1, -0.05) is 12.1 Å². The number of anilines is 1. The van der Waals surface area contributed by atoms with Crippen LogP contribution in [0.25, 0.3) is 0 Å². The number of nitro groups is 1. The second-order valence-corrected chi connectivity index (χ2v) is 8.33. The van der Waals surface area contributed by atoms with E-state index >= 15 is 0 Å². The van der Waals surface area contributed by atoms with Crippen LogP contribution in [0, 0.1) is 10.1 Å². The number of nitro benzene ring substituents is 1. The maximum absolute atomic E-state index is 12.6. The Kier molecular flexibility index (Phi) is 8.84. The van der Waals surface area contributed by atoms with Crippen molar-refractivity contribution in [2.45, 2.75) is 18.5 Å². The molecule has 1 aromatic carbocycles. The van der Waals surface area contributed by atoms with Gasteiger partial charge in [0, 0.05) is 57.1 Å². The Hall–Kier alpha value is -1.26. The highest BCUT2D eigenvalue weighted by Gasteiger charge is 2.37. The summed E-state index contributed by atoms with van der Waals surface area (Å²) in [6, 6.07) is 7.24. The lowest BCUT2D eigenvalue weighted by Gasteiger charge is -2.38. The molecular formula is C18H27Cl2N5O3S. The van der Waals surface area contributed by atoms with Crippen LogP contribution in [0.4, 0.5) is 11.4 Å². The molecule has 11 heteroatoms. The van der Waals surface area contributed by atoms with Crippen molar-refractivity contribution < 1.29 is 9.72 Å². The number of piperazine rings is 1. The summed E-state index contributed by atoms with van der Waals surface area (Å²) >= 11 is 1.81. The standard InChI is InChI=1S/C18H25N5O3S.2ClH/c24-18(22-9-10-27-13-22)15-11-14(12-19-15)20-5-7-21(8-6-20)16-3-1-2-4-17(16)23(25)26;;/h1-4,14-15,19H,5-13H2;2*1H/t14-,15-;;/m0../s1. The Bertz CT molecular complexity index is 714. The predicted octanol–water partition coefficient (Wildman–Crippen LogP) is 1.82. The third-order valence-electron chi connectivity index (χ3n) is 5.72. The molecule has 3 aliphatic rings. The molecule has 0 unspecified atom stereocenters. The van der Waals surface area contributed by atoms with Crippen LogP contribution in [0.5, 0.6) is 0 Å². The Balaban J connectivity index is 0.00000150. The Morgan fingerprint density at radius 3 is 2.52 bits per heavy atom. The molecule has 3 aliphatic heterocycles. The molecule has 1 aromatic rings. The van der Waals surface area contributed by atoms with Crippen LogP contribution in [0.3, 0.4) is 0 Å². The molecule has 0 aromatic heterocycles. The molecule has 3 fully saturated rings. The highest BCUT2D eigenvalue weighted by Crippen LogP contribution is 2.29. The van der Waals surface area contributed by atoms with Crippen LogP contribution in [0.2, 0.25) is 0 Å². The number of halogens is 2. The van der Waals surface area contributed by atoms with Crippen LogP contribution in [0.15, 0.2) is 24.3 Å². The SMILES string of the molecule is Cl.Cl.O=C([C@@H]1C[C@H](N2CCN(c3ccccc3[N+](=O)[O-])CC2)CN1)N1CCSC1. The maximum atomic E-state index is 12.6. The zero-order valence-electron chi connectivity index (χ0n) is 16.1. The van der Waals surface area contributed by atoms with E-state index in [1.54, 1.807) is 12.1 Å². The van der Waals surface area contributed by atoms with Gasteiger partial charge in [0.15, 0.2) is 0 Å². The number of nitrogens with one attached hydrogen (secondary N) is 1. The summed E-state index contributed by atoms with van der Waals surface area (Å²) in [5.74, 6) is 2.09. The van der Waals surface area contributed by atoms with Crippen LogP contribution in [-0.2, 0) is 4.79 Å². The van der Waals surface area contributed by atoms with E-state index in [0.717, 1.165) is 57.3 Å². The first kappa shape index (κ1) is 24.0. The largest absolute Gasteiger partial charge is 0.363 e. The fraction of sp³-hybridized carbons (Fsp3) is 0.611. The van der Waals surface area contributed by atoms with Gasteiger partial charge in [-0.3, -0.25) is 19.8 Å². The Labute approximate surface area is 187 Å². The minimum absolute atomic E-state index is 0. The zero-order valence-corrected chi connectivity index (χ0v) is 18.5. The highest BCUT2D eigenvalue weighted by atomic mass is 35.5. The summed E-state index contributed by atoms with van der Waals surface area (Å²) in [5.41, 5.74) is 0.869. The fourth-order valence-electron chi connectivity index (χ4n) is 4.21. The van der Waals surface area contributed by atoms with Gasteiger partial charge in [0.05, 0.1) is 16.8 Å². The lowest BCUT2D eigenvalue weighted by atomic mass is 10.1. The normalized spacial score (nSPS) is 24.7. The molecule has 8 nitrogen and oxygen atoms in total. The van der Waals surface area contributed by atoms with Crippen LogP contribution < -0.4 is 10.2 Å². The van der Waals surface area contributed by atoms with Gasteiger partial charge < -0.3 is 15.1 Å². The molecule has 2 atom stereocenters. The number of nitrogens with zero attached hydrogens (tertiary/aromatic N) is 4. The molecule has 162 valence electrons. The van der Waals surface area contributed by atoms with E-state index in [2.05, 4.69) is 15.1 Å². The average molecular weight is 464 g/mol. The molecule has 29 heavy (non-hydrogen) atoms. The Morgan fingerprint density at radius 2 is 1.86 bits per heavy atom. The van der Waals surface area contributed by atoms with Crippen LogP contribution >= 0.6 is 36.6 Å². The number of carbonyl (C=O) groups excluding carboxylic acids is 1. The highest BCUT2D eigenvalue weighted by molar-refractivity contribution is 7.99. The average Bonchev–Trinajstić information content (AvgIpc) is 3.40. The maximum Gasteiger partial charge on any atom is 0.292 e. The van der Waals surface area contributed by atoms with Gasteiger partial charge in [-0.25, -0.2) is 0 Å². The summed E-state index contributed by atoms with van der Waals surface area (Å²) in [6.07, 6.45) is 0.853. The number of para-hydroxylation sites is 2. The van der Waals surface area contributed by atoms with Gasteiger partial charge in [-0.15, -0.1) is 36.6 Å². The third kappa shape index (κ3) is 5.27. The summed E-state index contributed by atoms with van der Waals surface area (Å²) in [5, 5.41) is 14.7. The molecule has 3 heterocycles. The zero-order chi connectivity index (χ0) is 18.8. The first-order chi connectivity index (χ1) is 13.1. The second kappa shape index (κ2) is 10.7. The summed E-state index contributed by atoms with van der Waals surface area (Å²) in [6.45, 7) is 4.95. The van der Waals surface area contributed by atoms with Crippen molar-refractivity contribution in [1.82, 2.24) is 15.1 Å². The number of hydrogen-bond acceptors (Lipinski definition) is 7. The van der Waals surface area contributed by atoms with Gasteiger partial charge in [-0.05, 0) is 12.5 Å². The molecular weight excluding hydrogens is 437 g/mol. The van der Waals surface area contributed by atoms with Gasteiger partial charge in [-0.2, -0.15) is 0 Å². The predicted molar refractivity (Wildman–Crippen MR) is 121 cm³/mol. The van der Waals surface area contributed by atoms with Crippen molar-refractivity contribution in [3.05, 3.63) is 34.4 Å². The fourth-order valence-corrected chi connectivity index (χ4v) is 5.16. The van der Waals surface area contributed by atoms with Crippen molar-refractivity contribution in [3.8, 4) is 0 Å². The minimum Gasteiger partial charge on any atom is -0.363 e. The smallest absolute Gasteiger partial charge is 0.292 e. The molecule has 3 saturated heterocycles. The van der Waals surface area contributed by atoms with E-state index in [1.807, 2.05) is 28.8 Å². The first-order valence-corrected chi connectivity index (χ1v) is 10.6. The number of carbonyl (C=O) groups is 1. The number of rotatable bonds is 4. The van der Waals surface area contributed by atoms with E-state index in [0.29, 0.717) is 11.7 Å². The van der Waals surface area contributed by atoms with Crippen molar-refractivity contribution in [2.75, 3.05) is 55.8 Å². The second-order valence-electron chi connectivity index (χ2n) is 7.26. The van der Waals surface area contributed by atoms with E-state index in [4.69, 9.17) is 0 Å². The summed E-state index contributed by atoms with van der Waals surface area (Å²) in [4.78, 5) is 30.0. The molecule has 1 N–H and O–H groups in total. The Morgan fingerprint density at radius 1 is 1.14 bits per heavy atom. The lowest BCUT2D eigenvalue weighted by Crippen LogP contribution is -2.51.